The third-order valence-corrected chi connectivity index (χ3v) is 4.82. The molecule has 0 saturated carbocycles. The van der Waals surface area contributed by atoms with Crippen LogP contribution in [0.25, 0.3) is 0 Å². The molecule has 6 nitrogen and oxygen atoms in total. The van der Waals surface area contributed by atoms with Crippen molar-refractivity contribution in [1.29, 1.82) is 0 Å². The zero-order valence-corrected chi connectivity index (χ0v) is 11.5. The molecule has 7 heteroatoms. The second kappa shape index (κ2) is 7.06. The van der Waals surface area contributed by atoms with Gasteiger partial charge in [-0.25, -0.2) is 13.2 Å². The summed E-state index contributed by atoms with van der Waals surface area (Å²) < 4.78 is 27.9. The van der Waals surface area contributed by atoms with Crippen molar-refractivity contribution >= 4 is 15.8 Å². The van der Waals surface area contributed by atoms with Crippen molar-refractivity contribution in [3.8, 4) is 0 Å². The smallest absolute Gasteiger partial charge is 0.329 e. The maximum Gasteiger partial charge on any atom is 0.329 e. The Bertz CT molecular complexity index is 360. The fourth-order valence-electron chi connectivity index (χ4n) is 1.90. The van der Waals surface area contributed by atoms with Crippen LogP contribution in [-0.2, 0) is 19.4 Å². The molecule has 0 aromatic heterocycles. The molecule has 0 amide bonds. The number of rotatable bonds is 7. The van der Waals surface area contributed by atoms with Gasteiger partial charge in [-0.2, -0.15) is 0 Å². The standard InChI is InChI=1S/C11H21NO5S/c1-2-18(15,16)8-7-12-5-3-10(4-6-12)17-9-11(13)14/h10H,2-9H2,1H3,(H,13,14). The summed E-state index contributed by atoms with van der Waals surface area (Å²) in [5.41, 5.74) is 0. The molecule has 1 N–H and O–H groups in total. The normalized spacial score (nSPS) is 18.9. The van der Waals surface area contributed by atoms with Gasteiger partial charge in [-0.1, -0.05) is 6.92 Å². The van der Waals surface area contributed by atoms with E-state index in [1.54, 1.807) is 6.92 Å². The number of carboxylic acids is 1. The van der Waals surface area contributed by atoms with E-state index in [0.717, 1.165) is 25.9 Å². The van der Waals surface area contributed by atoms with Gasteiger partial charge in [0.1, 0.15) is 6.61 Å². The number of likely N-dealkylation sites (tertiary alicyclic amines) is 1. The summed E-state index contributed by atoms with van der Waals surface area (Å²) in [7, 11) is -2.90. The van der Waals surface area contributed by atoms with Gasteiger partial charge < -0.3 is 14.7 Å². The van der Waals surface area contributed by atoms with Gasteiger partial charge in [-0.05, 0) is 12.8 Å². The molecule has 0 aromatic carbocycles. The van der Waals surface area contributed by atoms with E-state index in [2.05, 4.69) is 4.90 Å². The van der Waals surface area contributed by atoms with Gasteiger partial charge in [0.05, 0.1) is 11.9 Å². The highest BCUT2D eigenvalue weighted by Crippen LogP contribution is 2.13. The van der Waals surface area contributed by atoms with Crippen molar-refractivity contribution in [3.63, 3.8) is 0 Å². The van der Waals surface area contributed by atoms with Gasteiger partial charge in [-0.3, -0.25) is 0 Å². The molecule has 0 aromatic rings. The van der Waals surface area contributed by atoms with Crippen molar-refractivity contribution in [2.24, 2.45) is 0 Å². The van der Waals surface area contributed by atoms with Gasteiger partial charge in [0.15, 0.2) is 9.84 Å². The summed E-state index contributed by atoms with van der Waals surface area (Å²) in [6.45, 7) is 3.49. The topological polar surface area (TPSA) is 83.9 Å². The largest absolute Gasteiger partial charge is 0.480 e. The second-order valence-corrected chi connectivity index (χ2v) is 6.95. The Hall–Kier alpha value is -0.660. The monoisotopic (exact) mass is 279 g/mol. The quantitative estimate of drug-likeness (QED) is 0.705. The van der Waals surface area contributed by atoms with Crippen molar-refractivity contribution in [1.82, 2.24) is 4.90 Å². The van der Waals surface area contributed by atoms with Crippen LogP contribution >= 0.6 is 0 Å². The molecule has 1 aliphatic rings. The fraction of sp³-hybridized carbons (Fsp3) is 0.909. The Balaban J connectivity index is 2.21. The molecule has 18 heavy (non-hydrogen) atoms. The predicted molar refractivity (Wildman–Crippen MR) is 67.4 cm³/mol. The van der Waals surface area contributed by atoms with Crippen LogP contribution in [-0.4, -0.2) is 68.2 Å². The van der Waals surface area contributed by atoms with E-state index in [1.807, 2.05) is 0 Å². The van der Waals surface area contributed by atoms with Gasteiger partial charge in [-0.15, -0.1) is 0 Å². The van der Waals surface area contributed by atoms with Crippen LogP contribution in [0.5, 0.6) is 0 Å². The molecule has 0 bridgehead atoms. The maximum absolute atomic E-state index is 11.4. The number of carboxylic acid groups (broad SMARTS) is 1. The van der Waals surface area contributed by atoms with Crippen LogP contribution in [0.15, 0.2) is 0 Å². The first-order valence-electron chi connectivity index (χ1n) is 6.19. The molecular weight excluding hydrogens is 258 g/mol. The lowest BCUT2D eigenvalue weighted by Gasteiger charge is -2.31. The van der Waals surface area contributed by atoms with E-state index >= 15 is 0 Å². The molecule has 1 aliphatic heterocycles. The van der Waals surface area contributed by atoms with Crippen molar-refractivity contribution in [2.45, 2.75) is 25.9 Å². The summed E-state index contributed by atoms with van der Waals surface area (Å²) in [5, 5.41) is 8.49. The number of piperidine rings is 1. The molecule has 1 rings (SSSR count). The zero-order chi connectivity index (χ0) is 13.6. The van der Waals surface area contributed by atoms with Gasteiger partial charge in [0.25, 0.3) is 0 Å². The minimum absolute atomic E-state index is 0.0138. The molecular formula is C11H21NO5S. The molecule has 0 radical (unpaired) electrons. The van der Waals surface area contributed by atoms with Crippen LogP contribution in [0.3, 0.4) is 0 Å². The number of ether oxygens (including phenoxy) is 1. The Morgan fingerprint density at radius 3 is 2.50 bits per heavy atom. The molecule has 0 atom stereocenters. The summed E-state index contributed by atoms with van der Waals surface area (Å²) in [6, 6.07) is 0. The average Bonchev–Trinajstić information content (AvgIpc) is 2.35. The number of carbonyl (C=O) groups is 1. The first-order chi connectivity index (χ1) is 8.43. The average molecular weight is 279 g/mol. The summed E-state index contributed by atoms with van der Waals surface area (Å²) in [6.07, 6.45) is 1.51. The van der Waals surface area contributed by atoms with E-state index in [1.165, 1.54) is 0 Å². The van der Waals surface area contributed by atoms with Gasteiger partial charge >= 0.3 is 5.97 Å². The summed E-state index contributed by atoms with van der Waals surface area (Å²) in [4.78, 5) is 12.4. The predicted octanol–water partition coefficient (Wildman–Crippen LogP) is -0.0133. The Morgan fingerprint density at radius 1 is 1.39 bits per heavy atom. The first kappa shape index (κ1) is 15.4. The highest BCUT2D eigenvalue weighted by atomic mass is 32.2. The maximum atomic E-state index is 11.4. The van der Waals surface area contributed by atoms with Crippen LogP contribution in [0.4, 0.5) is 0 Å². The van der Waals surface area contributed by atoms with E-state index < -0.39 is 15.8 Å². The molecule has 0 spiro atoms. The van der Waals surface area contributed by atoms with E-state index in [0.29, 0.717) is 6.54 Å². The van der Waals surface area contributed by atoms with E-state index in [9.17, 15) is 13.2 Å². The van der Waals surface area contributed by atoms with Crippen molar-refractivity contribution in [2.75, 3.05) is 37.7 Å². The lowest BCUT2D eigenvalue weighted by molar-refractivity contribution is -0.145. The highest BCUT2D eigenvalue weighted by Gasteiger charge is 2.21. The van der Waals surface area contributed by atoms with Crippen molar-refractivity contribution in [3.05, 3.63) is 0 Å². The summed E-state index contributed by atoms with van der Waals surface area (Å²) in [5.74, 6) is -0.568. The lowest BCUT2D eigenvalue weighted by Crippen LogP contribution is -2.40. The van der Waals surface area contributed by atoms with Crippen molar-refractivity contribution < 1.29 is 23.1 Å². The third-order valence-electron chi connectivity index (χ3n) is 3.14. The Morgan fingerprint density at radius 2 is 2.00 bits per heavy atom. The molecule has 0 unspecified atom stereocenters. The van der Waals surface area contributed by atoms with Gasteiger partial charge in [0.2, 0.25) is 0 Å². The molecule has 0 aliphatic carbocycles. The number of nitrogens with zero attached hydrogens (tertiary/aromatic N) is 1. The first-order valence-corrected chi connectivity index (χ1v) is 8.01. The SMILES string of the molecule is CCS(=O)(=O)CCN1CCC(OCC(=O)O)CC1. The Kier molecular flexibility index (Phi) is 6.04. The van der Waals surface area contributed by atoms with Crippen LogP contribution in [0.2, 0.25) is 0 Å². The molecule has 1 fully saturated rings. The second-order valence-electron chi connectivity index (χ2n) is 4.48. The van der Waals surface area contributed by atoms with Crippen LogP contribution in [0, 0.1) is 0 Å². The fourth-order valence-corrected chi connectivity index (χ4v) is 2.73. The Labute approximate surface area is 108 Å². The van der Waals surface area contributed by atoms with Gasteiger partial charge in [0, 0.05) is 25.4 Å². The summed E-state index contributed by atoms with van der Waals surface area (Å²) >= 11 is 0. The molecule has 1 saturated heterocycles. The minimum Gasteiger partial charge on any atom is -0.480 e. The number of hydrogen-bond acceptors (Lipinski definition) is 5. The molecule has 1 heterocycles. The number of aliphatic carboxylic acids is 1. The van der Waals surface area contributed by atoms with Crippen LogP contribution < -0.4 is 0 Å². The van der Waals surface area contributed by atoms with E-state index in [4.69, 9.17) is 9.84 Å². The zero-order valence-electron chi connectivity index (χ0n) is 10.7. The van der Waals surface area contributed by atoms with Crippen LogP contribution in [0.1, 0.15) is 19.8 Å². The number of hydrogen-bond donors (Lipinski definition) is 1. The lowest BCUT2D eigenvalue weighted by atomic mass is 10.1. The third kappa shape index (κ3) is 5.79. The number of sulfone groups is 1. The molecule has 106 valence electrons. The van der Waals surface area contributed by atoms with E-state index in [-0.39, 0.29) is 24.2 Å². The highest BCUT2D eigenvalue weighted by molar-refractivity contribution is 7.91. The minimum atomic E-state index is -2.90.